The predicted octanol–water partition coefficient (Wildman–Crippen LogP) is 0.834. The molecular formula is C10H20NO4S+. The lowest BCUT2D eigenvalue weighted by Gasteiger charge is -2.32. The van der Waals surface area contributed by atoms with E-state index < -0.39 is 10.1 Å². The van der Waals surface area contributed by atoms with E-state index >= 15 is 0 Å². The highest BCUT2D eigenvalue weighted by Gasteiger charge is 2.30. The molecule has 0 aliphatic carbocycles. The monoisotopic (exact) mass is 250 g/mol. The van der Waals surface area contributed by atoms with E-state index in [1.54, 1.807) is 0 Å². The van der Waals surface area contributed by atoms with E-state index in [0.29, 0.717) is 19.6 Å². The maximum atomic E-state index is 11.7. The van der Waals surface area contributed by atoms with Crippen LogP contribution in [0, 0.1) is 0 Å². The van der Waals surface area contributed by atoms with E-state index in [1.807, 2.05) is 13.8 Å². The average molecular weight is 250 g/mol. The van der Waals surface area contributed by atoms with Gasteiger partial charge >= 0.3 is 5.91 Å². The predicted molar refractivity (Wildman–Crippen MR) is 62.4 cm³/mol. The van der Waals surface area contributed by atoms with Gasteiger partial charge < -0.3 is 0 Å². The van der Waals surface area contributed by atoms with Crippen molar-refractivity contribution in [2.45, 2.75) is 20.3 Å². The first-order chi connectivity index (χ1) is 7.31. The quantitative estimate of drug-likeness (QED) is 0.413. The summed E-state index contributed by atoms with van der Waals surface area (Å²) in [7, 11) is -3.94. The van der Waals surface area contributed by atoms with Crippen molar-refractivity contribution in [1.82, 2.24) is 0 Å². The van der Waals surface area contributed by atoms with Gasteiger partial charge in [0.25, 0.3) is 10.1 Å². The van der Waals surface area contributed by atoms with Gasteiger partial charge in [0, 0.05) is 12.5 Å². The Morgan fingerprint density at radius 2 is 1.88 bits per heavy atom. The molecule has 0 radical (unpaired) electrons. The zero-order valence-corrected chi connectivity index (χ0v) is 10.7. The second-order valence-electron chi connectivity index (χ2n) is 3.68. The van der Waals surface area contributed by atoms with Crippen LogP contribution < -0.4 is 0 Å². The molecule has 16 heavy (non-hydrogen) atoms. The van der Waals surface area contributed by atoms with Gasteiger partial charge in [-0.05, 0) is 13.8 Å². The molecule has 0 aromatic heterocycles. The molecule has 6 heteroatoms. The molecule has 0 aliphatic rings. The Balaban J connectivity index is 4.57. The second-order valence-corrected chi connectivity index (χ2v) is 5.26. The van der Waals surface area contributed by atoms with Crippen LogP contribution in [0.4, 0.5) is 0 Å². The third-order valence-corrected chi connectivity index (χ3v) is 3.65. The molecule has 0 atom stereocenters. The minimum atomic E-state index is -3.94. The van der Waals surface area contributed by atoms with Crippen LogP contribution in [0.25, 0.3) is 0 Å². The van der Waals surface area contributed by atoms with Crippen molar-refractivity contribution < 1.29 is 22.2 Å². The van der Waals surface area contributed by atoms with Crippen LogP contribution >= 0.6 is 0 Å². The molecular weight excluding hydrogens is 230 g/mol. The van der Waals surface area contributed by atoms with Gasteiger partial charge in [-0.3, -0.25) is 9.04 Å². The minimum Gasteiger partial charge on any atom is -0.286 e. The molecule has 0 aromatic rings. The van der Waals surface area contributed by atoms with Crippen molar-refractivity contribution in [3.63, 3.8) is 0 Å². The van der Waals surface area contributed by atoms with E-state index in [-0.39, 0.29) is 22.6 Å². The lowest BCUT2D eigenvalue weighted by molar-refractivity contribution is -0.848. The van der Waals surface area contributed by atoms with Crippen LogP contribution in [0.5, 0.6) is 0 Å². The fourth-order valence-electron chi connectivity index (χ4n) is 1.70. The van der Waals surface area contributed by atoms with Gasteiger partial charge in [-0.1, -0.05) is 6.58 Å². The molecule has 0 spiro atoms. The van der Waals surface area contributed by atoms with Gasteiger partial charge in [0.2, 0.25) is 0 Å². The Labute approximate surface area is 97.1 Å². The number of carbonyl (C=O) groups excluding carboxylic acids is 1. The largest absolute Gasteiger partial charge is 0.338 e. The fourth-order valence-corrected chi connectivity index (χ4v) is 2.20. The highest BCUT2D eigenvalue weighted by Crippen LogP contribution is 2.10. The highest BCUT2D eigenvalue weighted by molar-refractivity contribution is 7.85. The van der Waals surface area contributed by atoms with Crippen LogP contribution in [-0.4, -0.2) is 48.7 Å². The Kier molecular flexibility index (Phi) is 5.85. The van der Waals surface area contributed by atoms with Crippen molar-refractivity contribution in [3.05, 3.63) is 12.7 Å². The molecule has 0 aliphatic heterocycles. The second kappa shape index (κ2) is 6.12. The summed E-state index contributed by atoms with van der Waals surface area (Å²) in [5, 5.41) is 0. The number of quaternary nitrogens is 1. The van der Waals surface area contributed by atoms with E-state index in [4.69, 9.17) is 4.55 Å². The Hall–Kier alpha value is -0.720. The Morgan fingerprint density at radius 1 is 1.38 bits per heavy atom. The van der Waals surface area contributed by atoms with Crippen molar-refractivity contribution in [2.75, 3.05) is 25.4 Å². The summed E-state index contributed by atoms with van der Waals surface area (Å²) in [6.45, 7) is 8.77. The summed E-state index contributed by atoms with van der Waals surface area (Å²) in [4.78, 5) is 11.7. The molecule has 0 saturated carbocycles. The Morgan fingerprint density at radius 3 is 2.19 bits per heavy atom. The maximum absolute atomic E-state index is 11.7. The summed E-state index contributed by atoms with van der Waals surface area (Å²) >= 11 is 0. The number of amides is 1. The zero-order valence-electron chi connectivity index (χ0n) is 9.85. The van der Waals surface area contributed by atoms with Gasteiger partial charge in [0.15, 0.2) is 0 Å². The summed E-state index contributed by atoms with van der Waals surface area (Å²) in [6.07, 6.45) is 1.53. The number of carbonyl (C=O) groups is 1. The normalized spacial score (nSPS) is 12.4. The molecule has 1 N–H and O–H groups in total. The van der Waals surface area contributed by atoms with Gasteiger partial charge in [-0.2, -0.15) is 8.42 Å². The molecule has 0 fully saturated rings. The van der Waals surface area contributed by atoms with E-state index in [1.165, 1.54) is 6.08 Å². The minimum absolute atomic E-state index is 0.111. The number of likely N-dealkylation sites (N-methyl/N-ethyl adjacent to an activating group) is 1. The number of nitrogens with zero attached hydrogens (tertiary/aromatic N) is 1. The first-order valence-corrected chi connectivity index (χ1v) is 6.90. The third-order valence-electron chi connectivity index (χ3n) is 2.84. The standard InChI is InChI=1S/C10H19NO4S/c1-4-10(12)11(5-2,6-3)8-7-9-16(13,14)15/h4H,1,5-9H2,2-3H3/p+1. The summed E-state index contributed by atoms with van der Waals surface area (Å²) < 4.78 is 29.9. The molecule has 1 amide bonds. The van der Waals surface area contributed by atoms with Crippen LogP contribution in [0.1, 0.15) is 20.3 Å². The molecule has 0 bridgehead atoms. The van der Waals surface area contributed by atoms with Crippen LogP contribution in [-0.2, 0) is 14.9 Å². The molecule has 94 valence electrons. The van der Waals surface area contributed by atoms with Crippen molar-refractivity contribution >= 4 is 16.0 Å². The first kappa shape index (κ1) is 15.3. The molecule has 0 heterocycles. The third kappa shape index (κ3) is 4.42. The number of hydrogen-bond acceptors (Lipinski definition) is 3. The smallest absolute Gasteiger partial charge is 0.286 e. The molecule has 0 aromatic carbocycles. The maximum Gasteiger partial charge on any atom is 0.338 e. The lowest BCUT2D eigenvalue weighted by atomic mass is 10.2. The highest BCUT2D eigenvalue weighted by atomic mass is 32.2. The van der Waals surface area contributed by atoms with Crippen LogP contribution in [0.15, 0.2) is 12.7 Å². The van der Waals surface area contributed by atoms with Gasteiger partial charge in [0.1, 0.15) is 0 Å². The SMILES string of the molecule is C=CC(=O)[N+](CC)(CC)CCCS(=O)(=O)O. The van der Waals surface area contributed by atoms with Gasteiger partial charge in [0.05, 0.1) is 25.4 Å². The van der Waals surface area contributed by atoms with Crippen LogP contribution in [0.2, 0.25) is 0 Å². The van der Waals surface area contributed by atoms with Crippen molar-refractivity contribution in [2.24, 2.45) is 0 Å². The summed E-state index contributed by atoms with van der Waals surface area (Å²) in [5.74, 6) is -0.419. The first-order valence-electron chi connectivity index (χ1n) is 5.29. The van der Waals surface area contributed by atoms with Gasteiger partial charge in [-0.25, -0.2) is 4.79 Å². The van der Waals surface area contributed by atoms with Crippen molar-refractivity contribution in [3.8, 4) is 0 Å². The summed E-state index contributed by atoms with van der Waals surface area (Å²) in [6, 6.07) is 0. The van der Waals surface area contributed by atoms with Crippen molar-refractivity contribution in [1.29, 1.82) is 0 Å². The van der Waals surface area contributed by atoms with E-state index in [9.17, 15) is 13.2 Å². The van der Waals surface area contributed by atoms with Crippen LogP contribution in [0.3, 0.4) is 0 Å². The van der Waals surface area contributed by atoms with Gasteiger partial charge in [-0.15, -0.1) is 0 Å². The lowest BCUT2D eigenvalue weighted by Crippen LogP contribution is -2.52. The molecule has 0 unspecified atom stereocenters. The summed E-state index contributed by atoms with van der Waals surface area (Å²) in [5.41, 5.74) is 0. The average Bonchev–Trinajstić information content (AvgIpc) is 2.22. The topological polar surface area (TPSA) is 71.4 Å². The molecule has 0 saturated heterocycles. The molecule has 5 nitrogen and oxygen atoms in total. The number of rotatable bonds is 7. The zero-order chi connectivity index (χ0) is 12.8. The fraction of sp³-hybridized carbons (Fsp3) is 0.700. The van der Waals surface area contributed by atoms with E-state index in [0.717, 1.165) is 0 Å². The van der Waals surface area contributed by atoms with E-state index in [2.05, 4.69) is 6.58 Å². The molecule has 0 rings (SSSR count). The number of hydrogen-bond donors (Lipinski definition) is 1. The Bertz CT molecular complexity index is 344.